The van der Waals surface area contributed by atoms with Gasteiger partial charge in [0, 0.05) is 24.5 Å². The van der Waals surface area contributed by atoms with E-state index in [0.29, 0.717) is 36.3 Å². The van der Waals surface area contributed by atoms with Crippen LogP contribution in [0.1, 0.15) is 53.4 Å². The molecule has 1 aliphatic heterocycles. The first-order valence-electron chi connectivity index (χ1n) is 11.0. The Morgan fingerprint density at radius 1 is 1.15 bits per heavy atom. The summed E-state index contributed by atoms with van der Waals surface area (Å²) in [5, 5.41) is 8.37. The van der Waals surface area contributed by atoms with Gasteiger partial charge in [-0.3, -0.25) is 9.78 Å². The van der Waals surface area contributed by atoms with Gasteiger partial charge < -0.3 is 4.90 Å². The van der Waals surface area contributed by atoms with Crippen molar-refractivity contribution >= 4 is 5.91 Å². The van der Waals surface area contributed by atoms with Gasteiger partial charge in [-0.05, 0) is 62.8 Å². The third-order valence-corrected chi connectivity index (χ3v) is 6.24. The van der Waals surface area contributed by atoms with Crippen molar-refractivity contribution in [2.24, 2.45) is 5.92 Å². The number of hydrogen-bond acceptors (Lipinski definition) is 4. The predicted octanol–water partition coefficient (Wildman–Crippen LogP) is 4.86. The molecule has 9 heteroatoms. The summed E-state index contributed by atoms with van der Waals surface area (Å²) >= 11 is 0. The fourth-order valence-corrected chi connectivity index (χ4v) is 4.47. The molecule has 4 rings (SSSR count). The van der Waals surface area contributed by atoms with Crippen LogP contribution >= 0.6 is 0 Å². The van der Waals surface area contributed by atoms with Crippen LogP contribution in [0.2, 0.25) is 0 Å². The smallest absolute Gasteiger partial charge is 0.335 e. The summed E-state index contributed by atoms with van der Waals surface area (Å²) in [5.74, 6) is 0.191. The number of alkyl halides is 3. The van der Waals surface area contributed by atoms with Crippen LogP contribution in [-0.2, 0) is 12.6 Å². The second-order valence-corrected chi connectivity index (χ2v) is 8.60. The highest BCUT2D eigenvalue weighted by atomic mass is 19.4. The molecule has 33 heavy (non-hydrogen) atoms. The van der Waals surface area contributed by atoms with E-state index in [4.69, 9.17) is 0 Å². The van der Waals surface area contributed by atoms with Crippen molar-refractivity contribution in [1.29, 1.82) is 0 Å². The number of aromatic nitrogens is 4. The lowest BCUT2D eigenvalue weighted by Crippen LogP contribution is -2.48. The molecular weight excluding hydrogens is 431 g/mol. The summed E-state index contributed by atoms with van der Waals surface area (Å²) in [6.45, 7) is 4.69. The molecule has 1 aliphatic rings. The number of halogens is 3. The van der Waals surface area contributed by atoms with Gasteiger partial charge in [0.25, 0.3) is 5.91 Å². The normalized spacial score (nSPS) is 19.0. The molecule has 0 N–H and O–H groups in total. The third-order valence-electron chi connectivity index (χ3n) is 6.24. The summed E-state index contributed by atoms with van der Waals surface area (Å²) in [7, 11) is 0. The van der Waals surface area contributed by atoms with E-state index in [1.807, 2.05) is 30.0 Å². The molecular formula is C24H26F3N5O. The van der Waals surface area contributed by atoms with E-state index in [1.165, 1.54) is 10.9 Å². The summed E-state index contributed by atoms with van der Waals surface area (Å²) in [6.07, 6.45) is 2.64. The van der Waals surface area contributed by atoms with Gasteiger partial charge in [-0.25, -0.2) is 0 Å². The number of carbonyl (C=O) groups is 1. The number of carbonyl (C=O) groups excluding carboxylic acids is 1. The molecule has 0 bridgehead atoms. The molecule has 0 unspecified atom stereocenters. The van der Waals surface area contributed by atoms with Gasteiger partial charge in [0.05, 0.1) is 29.2 Å². The second-order valence-electron chi connectivity index (χ2n) is 8.60. The number of amides is 1. The Kier molecular flexibility index (Phi) is 6.49. The Bertz CT molecular complexity index is 1100. The lowest BCUT2D eigenvalue weighted by Gasteiger charge is -2.40. The van der Waals surface area contributed by atoms with Crippen LogP contribution in [0.25, 0.3) is 5.69 Å². The average molecular weight is 458 g/mol. The number of likely N-dealkylation sites (tertiary alicyclic amines) is 1. The number of nitrogens with zero attached hydrogens (tertiary/aromatic N) is 5. The van der Waals surface area contributed by atoms with E-state index >= 15 is 0 Å². The Balaban J connectivity index is 1.55. The Hall–Kier alpha value is -3.23. The number of hydrogen-bond donors (Lipinski definition) is 0. The van der Waals surface area contributed by atoms with Crippen molar-refractivity contribution in [3.05, 3.63) is 71.3 Å². The summed E-state index contributed by atoms with van der Waals surface area (Å²) < 4.78 is 38.5. The summed E-state index contributed by atoms with van der Waals surface area (Å²) in [5.41, 5.74) is 1.96. The lowest BCUT2D eigenvalue weighted by atomic mass is 9.86. The molecule has 1 fully saturated rings. The second kappa shape index (κ2) is 9.33. The molecule has 1 aromatic carbocycles. The zero-order valence-electron chi connectivity index (χ0n) is 18.6. The van der Waals surface area contributed by atoms with Crippen molar-refractivity contribution in [1.82, 2.24) is 24.9 Å². The minimum absolute atomic E-state index is 0.0331. The fourth-order valence-electron chi connectivity index (χ4n) is 4.47. The molecule has 2 atom stereocenters. The van der Waals surface area contributed by atoms with Crippen LogP contribution in [0.4, 0.5) is 13.2 Å². The van der Waals surface area contributed by atoms with Crippen molar-refractivity contribution in [2.45, 2.75) is 51.7 Å². The first-order valence-corrected chi connectivity index (χ1v) is 11.0. The third kappa shape index (κ3) is 5.07. The van der Waals surface area contributed by atoms with Crippen molar-refractivity contribution in [3.8, 4) is 5.69 Å². The van der Waals surface area contributed by atoms with Gasteiger partial charge in [0.15, 0.2) is 0 Å². The Morgan fingerprint density at radius 3 is 2.58 bits per heavy atom. The maximum atomic E-state index is 13.7. The number of pyridine rings is 1. The van der Waals surface area contributed by atoms with Crippen LogP contribution in [0.5, 0.6) is 0 Å². The van der Waals surface area contributed by atoms with Crippen LogP contribution < -0.4 is 0 Å². The van der Waals surface area contributed by atoms with E-state index in [0.717, 1.165) is 30.7 Å². The number of benzene rings is 1. The molecule has 0 spiro atoms. The van der Waals surface area contributed by atoms with Gasteiger partial charge in [-0.15, -0.1) is 0 Å². The van der Waals surface area contributed by atoms with E-state index in [1.54, 1.807) is 12.4 Å². The van der Waals surface area contributed by atoms with Crippen molar-refractivity contribution < 1.29 is 18.0 Å². The molecule has 0 saturated carbocycles. The van der Waals surface area contributed by atoms with Crippen molar-refractivity contribution in [2.75, 3.05) is 6.54 Å². The topological polar surface area (TPSA) is 63.9 Å². The van der Waals surface area contributed by atoms with E-state index < -0.39 is 11.7 Å². The molecule has 1 amide bonds. The van der Waals surface area contributed by atoms with Gasteiger partial charge >= 0.3 is 6.18 Å². The monoisotopic (exact) mass is 457 g/mol. The highest BCUT2D eigenvalue weighted by Gasteiger charge is 2.34. The maximum Gasteiger partial charge on any atom is 0.417 e. The van der Waals surface area contributed by atoms with Gasteiger partial charge in [-0.1, -0.05) is 18.6 Å². The summed E-state index contributed by atoms with van der Waals surface area (Å²) in [6, 6.07) is 8.07. The Morgan fingerprint density at radius 2 is 1.91 bits per heavy atom. The van der Waals surface area contributed by atoms with Crippen LogP contribution in [0.15, 0.2) is 48.9 Å². The fraction of sp³-hybridized carbons (Fsp3) is 0.417. The van der Waals surface area contributed by atoms with Crippen LogP contribution in [0, 0.1) is 12.8 Å². The molecule has 0 radical (unpaired) electrons. The predicted molar refractivity (Wildman–Crippen MR) is 117 cm³/mol. The number of piperidine rings is 1. The van der Waals surface area contributed by atoms with Crippen molar-refractivity contribution in [3.63, 3.8) is 0 Å². The standard InChI is InChI=1S/C24H26F3N5O/c1-16-5-9-22(32-29-11-12-30-32)20(14-16)23(33)31-13-3-4-17(2)21(31)10-8-19-7-6-18(15-28-19)24(25,26)27/h5-7,9,11-12,14-15,17,21H,3-4,8,10,13H2,1-2H3/t17-,21-/m1/s1. The van der Waals surface area contributed by atoms with E-state index in [2.05, 4.69) is 22.1 Å². The highest BCUT2D eigenvalue weighted by Crippen LogP contribution is 2.31. The minimum Gasteiger partial charge on any atom is -0.335 e. The molecule has 1 saturated heterocycles. The lowest BCUT2D eigenvalue weighted by molar-refractivity contribution is -0.137. The molecule has 2 aromatic heterocycles. The first-order chi connectivity index (χ1) is 15.7. The Labute approximate surface area is 190 Å². The quantitative estimate of drug-likeness (QED) is 0.549. The molecule has 174 valence electrons. The van der Waals surface area contributed by atoms with Gasteiger partial charge in [-0.2, -0.15) is 28.2 Å². The SMILES string of the molecule is Cc1ccc(-n2nccn2)c(C(=O)N2CCC[C@@H](C)[C@H]2CCc2ccc(C(F)(F)F)cn2)c1. The molecule has 6 nitrogen and oxygen atoms in total. The molecule has 3 aromatic rings. The number of rotatable bonds is 5. The van der Waals surface area contributed by atoms with Crippen LogP contribution in [-0.4, -0.2) is 43.4 Å². The van der Waals surface area contributed by atoms with E-state index in [9.17, 15) is 18.0 Å². The first kappa shape index (κ1) is 22.9. The van der Waals surface area contributed by atoms with E-state index in [-0.39, 0.29) is 17.9 Å². The maximum absolute atomic E-state index is 13.7. The number of aryl methyl sites for hydroxylation is 2. The molecule has 0 aliphatic carbocycles. The van der Waals surface area contributed by atoms with Gasteiger partial charge in [0.2, 0.25) is 0 Å². The largest absolute Gasteiger partial charge is 0.417 e. The average Bonchev–Trinajstić information content (AvgIpc) is 3.32. The zero-order valence-corrected chi connectivity index (χ0v) is 18.6. The zero-order chi connectivity index (χ0) is 23.6. The van der Waals surface area contributed by atoms with Gasteiger partial charge in [0.1, 0.15) is 0 Å². The summed E-state index contributed by atoms with van der Waals surface area (Å²) in [4.78, 5) is 21.1. The highest BCUT2D eigenvalue weighted by molar-refractivity contribution is 5.98. The van der Waals surface area contributed by atoms with Crippen LogP contribution in [0.3, 0.4) is 0 Å². The minimum atomic E-state index is -4.40. The molecule has 3 heterocycles.